The Labute approximate surface area is 145 Å². The fourth-order valence-electron chi connectivity index (χ4n) is 1.66. The molecule has 1 heterocycles. The number of benzene rings is 1. The second-order valence-electron chi connectivity index (χ2n) is 4.37. The number of nitrogens with one attached hydrogen (secondary N) is 1. The first-order chi connectivity index (χ1) is 11.5. The molecule has 1 aromatic carbocycles. The third-order valence-electron chi connectivity index (χ3n) is 2.68. The zero-order valence-electron chi connectivity index (χ0n) is 12.0. The number of nitrogens with zero attached hydrogens (tertiary/aromatic N) is 1. The number of pyridine rings is 1. The van der Waals surface area contributed by atoms with Crippen molar-refractivity contribution in [3.8, 4) is 0 Å². The van der Waals surface area contributed by atoms with Crippen LogP contribution >= 0.6 is 23.4 Å². The van der Waals surface area contributed by atoms with E-state index in [2.05, 4.69) is 10.3 Å². The predicted octanol–water partition coefficient (Wildman–Crippen LogP) is 3.85. The molecule has 0 radical (unpaired) electrons. The van der Waals surface area contributed by atoms with Crippen LogP contribution in [-0.2, 0) is 9.53 Å². The molecule has 2 aromatic rings. The summed E-state index contributed by atoms with van der Waals surface area (Å²) in [6, 6.07) is 8.79. The monoisotopic (exact) mass is 372 g/mol. The highest BCUT2D eigenvalue weighted by Crippen LogP contribution is 2.26. The van der Waals surface area contributed by atoms with E-state index in [-0.39, 0.29) is 10.7 Å². The van der Waals surface area contributed by atoms with E-state index in [9.17, 15) is 18.4 Å². The predicted molar refractivity (Wildman–Crippen MR) is 86.5 cm³/mol. The van der Waals surface area contributed by atoms with Gasteiger partial charge in [-0.25, -0.2) is 9.78 Å². The molecule has 0 aliphatic rings. The third-order valence-corrected chi connectivity index (χ3v) is 3.70. The van der Waals surface area contributed by atoms with Crippen LogP contribution in [0.1, 0.15) is 10.4 Å². The van der Waals surface area contributed by atoms with Crippen molar-refractivity contribution >= 4 is 40.9 Å². The minimum atomic E-state index is -2.51. The van der Waals surface area contributed by atoms with Crippen LogP contribution < -0.4 is 5.32 Å². The summed E-state index contributed by atoms with van der Waals surface area (Å²) in [6.45, 7) is -0.516. The number of hydrogen-bond donors (Lipinski definition) is 1. The summed E-state index contributed by atoms with van der Waals surface area (Å²) in [5, 5.41) is 2.46. The minimum absolute atomic E-state index is 0.0185. The van der Waals surface area contributed by atoms with Crippen molar-refractivity contribution in [2.24, 2.45) is 0 Å². The van der Waals surface area contributed by atoms with Gasteiger partial charge in [0.1, 0.15) is 5.15 Å². The molecule has 126 valence electrons. The summed E-state index contributed by atoms with van der Waals surface area (Å²) >= 11 is 6.15. The molecule has 24 heavy (non-hydrogen) atoms. The Morgan fingerprint density at radius 3 is 2.58 bits per heavy atom. The van der Waals surface area contributed by atoms with Crippen LogP contribution in [0.4, 0.5) is 14.5 Å². The summed E-state index contributed by atoms with van der Waals surface area (Å²) in [7, 11) is 0. The lowest BCUT2D eigenvalue weighted by Crippen LogP contribution is -2.21. The molecule has 0 aliphatic carbocycles. The molecule has 1 aromatic heterocycles. The van der Waals surface area contributed by atoms with E-state index < -0.39 is 24.2 Å². The smallest absolute Gasteiger partial charge is 0.341 e. The summed E-state index contributed by atoms with van der Waals surface area (Å²) in [4.78, 5) is 27.6. The lowest BCUT2D eigenvalue weighted by Gasteiger charge is -2.08. The molecule has 9 heteroatoms. The van der Waals surface area contributed by atoms with Crippen LogP contribution in [0.5, 0.6) is 0 Å². The van der Waals surface area contributed by atoms with E-state index >= 15 is 0 Å². The van der Waals surface area contributed by atoms with Crippen molar-refractivity contribution in [2.45, 2.75) is 10.7 Å². The number of ether oxygens (including phenoxy) is 1. The molecular formula is C15H11ClF2N2O3S. The summed E-state index contributed by atoms with van der Waals surface area (Å²) < 4.78 is 29.3. The topological polar surface area (TPSA) is 68.3 Å². The van der Waals surface area contributed by atoms with Gasteiger partial charge in [0.05, 0.1) is 5.56 Å². The number of carbonyl (C=O) groups is 2. The third kappa shape index (κ3) is 5.47. The number of halogens is 3. The Morgan fingerprint density at radius 2 is 1.96 bits per heavy atom. The van der Waals surface area contributed by atoms with Crippen LogP contribution in [0.2, 0.25) is 5.15 Å². The first-order valence-corrected chi connectivity index (χ1v) is 7.84. The first kappa shape index (κ1) is 18.2. The second kappa shape index (κ2) is 8.60. The second-order valence-corrected chi connectivity index (χ2v) is 5.79. The first-order valence-electron chi connectivity index (χ1n) is 6.58. The molecule has 0 spiro atoms. The van der Waals surface area contributed by atoms with Gasteiger partial charge in [0, 0.05) is 16.8 Å². The van der Waals surface area contributed by atoms with Crippen molar-refractivity contribution in [3.05, 3.63) is 53.3 Å². The molecule has 2 rings (SSSR count). The highest BCUT2D eigenvalue weighted by molar-refractivity contribution is 7.99. The minimum Gasteiger partial charge on any atom is -0.452 e. The van der Waals surface area contributed by atoms with Crippen LogP contribution in [-0.4, -0.2) is 29.2 Å². The van der Waals surface area contributed by atoms with Crippen LogP contribution in [0.3, 0.4) is 0 Å². The lowest BCUT2D eigenvalue weighted by molar-refractivity contribution is -0.119. The summed E-state index contributed by atoms with van der Waals surface area (Å²) in [5.41, 5.74) is 0.453. The maximum Gasteiger partial charge on any atom is 0.341 e. The van der Waals surface area contributed by atoms with E-state index in [0.717, 1.165) is 0 Å². The number of anilines is 1. The van der Waals surface area contributed by atoms with Crippen LogP contribution in [0, 0.1) is 0 Å². The molecule has 1 N–H and O–H groups in total. The molecule has 0 aliphatic heterocycles. The maximum atomic E-state index is 12.2. The fraction of sp³-hybridized carbons (Fsp3) is 0.133. The number of hydrogen-bond acceptors (Lipinski definition) is 5. The Kier molecular flexibility index (Phi) is 6.51. The Balaban J connectivity index is 1.85. The molecule has 1 amide bonds. The average molecular weight is 373 g/mol. The molecule has 5 nitrogen and oxygen atoms in total. The summed E-state index contributed by atoms with van der Waals surface area (Å²) in [5.74, 6) is -3.85. The number of alkyl halides is 2. The van der Waals surface area contributed by atoms with Gasteiger partial charge in [0.2, 0.25) is 0 Å². The van der Waals surface area contributed by atoms with Gasteiger partial charge in [0.15, 0.2) is 6.61 Å². The Bertz CT molecular complexity index is 729. The Hall–Kier alpha value is -2.19. The van der Waals surface area contributed by atoms with E-state index in [4.69, 9.17) is 16.3 Å². The number of rotatable bonds is 6. The number of esters is 1. The summed E-state index contributed by atoms with van der Waals surface area (Å²) in [6.07, 6.45) is 1.42. The van der Waals surface area contributed by atoms with Gasteiger partial charge in [-0.05, 0) is 36.4 Å². The Morgan fingerprint density at radius 1 is 1.25 bits per heavy atom. The van der Waals surface area contributed by atoms with E-state index in [0.29, 0.717) is 22.3 Å². The van der Waals surface area contributed by atoms with Crippen LogP contribution in [0.15, 0.2) is 47.5 Å². The van der Waals surface area contributed by atoms with Gasteiger partial charge in [0.25, 0.3) is 11.7 Å². The number of thioether (sulfide) groups is 1. The lowest BCUT2D eigenvalue weighted by atomic mass is 10.3. The maximum absolute atomic E-state index is 12.2. The molecule has 0 saturated carbocycles. The van der Waals surface area contributed by atoms with Crippen molar-refractivity contribution < 1.29 is 23.1 Å². The highest BCUT2D eigenvalue weighted by Gasteiger charge is 2.14. The molecule has 0 saturated heterocycles. The zero-order chi connectivity index (χ0) is 17.5. The highest BCUT2D eigenvalue weighted by atomic mass is 35.5. The molecule has 0 bridgehead atoms. The fourth-order valence-corrected chi connectivity index (χ4v) is 2.36. The van der Waals surface area contributed by atoms with Gasteiger partial charge in [-0.1, -0.05) is 23.4 Å². The van der Waals surface area contributed by atoms with E-state index in [1.807, 2.05) is 0 Å². The molecular weight excluding hydrogens is 362 g/mol. The standard InChI is InChI=1S/C15H11ClF2N2O3S/c16-13-11(2-1-7-19-13)14(22)23-8-12(21)20-9-3-5-10(6-4-9)24-15(17)18/h1-7,15H,8H2,(H,20,21). The van der Waals surface area contributed by atoms with E-state index in [1.165, 1.54) is 42.6 Å². The normalized spacial score (nSPS) is 10.5. The van der Waals surface area contributed by atoms with Gasteiger partial charge >= 0.3 is 5.97 Å². The van der Waals surface area contributed by atoms with Crippen molar-refractivity contribution in [3.63, 3.8) is 0 Å². The van der Waals surface area contributed by atoms with Gasteiger partial charge in [-0.2, -0.15) is 8.78 Å². The molecule has 0 atom stereocenters. The SMILES string of the molecule is O=C(COC(=O)c1cccnc1Cl)Nc1ccc(SC(F)F)cc1. The van der Waals surface area contributed by atoms with Gasteiger partial charge in [-0.15, -0.1) is 0 Å². The number of carbonyl (C=O) groups excluding carboxylic acids is 2. The average Bonchev–Trinajstić information content (AvgIpc) is 2.54. The van der Waals surface area contributed by atoms with E-state index in [1.54, 1.807) is 0 Å². The largest absolute Gasteiger partial charge is 0.452 e. The van der Waals surface area contributed by atoms with Crippen LogP contribution in [0.25, 0.3) is 0 Å². The van der Waals surface area contributed by atoms with Crippen molar-refractivity contribution in [1.29, 1.82) is 0 Å². The van der Waals surface area contributed by atoms with Gasteiger partial charge < -0.3 is 10.1 Å². The number of amides is 1. The van der Waals surface area contributed by atoms with Crippen molar-refractivity contribution in [2.75, 3.05) is 11.9 Å². The molecule has 0 unspecified atom stereocenters. The molecule has 0 fully saturated rings. The number of aromatic nitrogens is 1. The van der Waals surface area contributed by atoms with Gasteiger partial charge in [-0.3, -0.25) is 4.79 Å². The quantitative estimate of drug-likeness (QED) is 0.474. The van der Waals surface area contributed by atoms with Crippen molar-refractivity contribution in [1.82, 2.24) is 4.98 Å². The zero-order valence-corrected chi connectivity index (χ0v) is 13.6.